The molecule has 0 aliphatic heterocycles. The lowest BCUT2D eigenvalue weighted by Crippen LogP contribution is -2.24. The zero-order valence-corrected chi connectivity index (χ0v) is 12.9. The fourth-order valence-electron chi connectivity index (χ4n) is 2.38. The lowest BCUT2D eigenvalue weighted by molar-refractivity contribution is 0.450. The maximum Gasteiger partial charge on any atom is 0.120 e. The average Bonchev–Trinajstić information content (AvgIpc) is 2.52. The van der Waals surface area contributed by atoms with E-state index in [0.29, 0.717) is 18.0 Å². The van der Waals surface area contributed by atoms with E-state index in [-0.39, 0.29) is 6.04 Å². The molecule has 0 radical (unpaired) electrons. The minimum absolute atomic E-state index is 0.124. The van der Waals surface area contributed by atoms with Crippen molar-refractivity contribution in [3.63, 3.8) is 0 Å². The molecule has 0 amide bonds. The van der Waals surface area contributed by atoms with Gasteiger partial charge in [0, 0.05) is 23.7 Å². The third-order valence-corrected chi connectivity index (χ3v) is 3.69. The Kier molecular flexibility index (Phi) is 6.25. The maximum atomic E-state index is 9.80. The van der Waals surface area contributed by atoms with E-state index in [1.807, 2.05) is 43.3 Å². The van der Waals surface area contributed by atoms with Gasteiger partial charge in [0.05, 0.1) is 0 Å². The SMILES string of the molecule is CC(NCCCNCc1ccccc1O)c1ccccc1O. The van der Waals surface area contributed by atoms with Crippen LogP contribution in [-0.2, 0) is 6.54 Å². The van der Waals surface area contributed by atoms with Gasteiger partial charge in [-0.15, -0.1) is 0 Å². The monoisotopic (exact) mass is 300 g/mol. The predicted molar refractivity (Wildman–Crippen MR) is 89.0 cm³/mol. The van der Waals surface area contributed by atoms with Crippen molar-refractivity contribution in [2.75, 3.05) is 13.1 Å². The lowest BCUT2D eigenvalue weighted by atomic mass is 10.1. The fourth-order valence-corrected chi connectivity index (χ4v) is 2.38. The first kappa shape index (κ1) is 16.3. The summed E-state index contributed by atoms with van der Waals surface area (Å²) in [7, 11) is 0. The lowest BCUT2D eigenvalue weighted by Gasteiger charge is -2.15. The first-order chi connectivity index (χ1) is 10.7. The summed E-state index contributed by atoms with van der Waals surface area (Å²) in [5, 5.41) is 26.2. The Morgan fingerprint density at radius 2 is 1.59 bits per heavy atom. The van der Waals surface area contributed by atoms with E-state index < -0.39 is 0 Å². The second-order valence-electron chi connectivity index (χ2n) is 5.39. The van der Waals surface area contributed by atoms with Crippen molar-refractivity contribution in [3.05, 3.63) is 59.7 Å². The standard InChI is InChI=1S/C18H24N2O2/c1-14(16-8-3-5-10-18(16)22)20-12-6-11-19-13-15-7-2-4-9-17(15)21/h2-5,7-10,14,19-22H,6,11-13H2,1H3. The normalized spacial score (nSPS) is 12.2. The molecule has 4 nitrogen and oxygen atoms in total. The van der Waals surface area contributed by atoms with Gasteiger partial charge in [-0.05, 0) is 38.6 Å². The van der Waals surface area contributed by atoms with Crippen LogP contribution in [0, 0.1) is 0 Å². The summed E-state index contributed by atoms with van der Waals surface area (Å²) in [5.74, 6) is 0.668. The quantitative estimate of drug-likeness (QED) is 0.566. The number of benzene rings is 2. The van der Waals surface area contributed by atoms with Crippen molar-refractivity contribution >= 4 is 0 Å². The molecule has 0 heterocycles. The maximum absolute atomic E-state index is 9.80. The number of hydrogen-bond donors (Lipinski definition) is 4. The van der Waals surface area contributed by atoms with Gasteiger partial charge in [0.15, 0.2) is 0 Å². The van der Waals surface area contributed by atoms with Gasteiger partial charge in [-0.3, -0.25) is 0 Å². The number of phenols is 2. The van der Waals surface area contributed by atoms with Crippen LogP contribution in [0.5, 0.6) is 11.5 Å². The number of rotatable bonds is 8. The zero-order valence-electron chi connectivity index (χ0n) is 12.9. The smallest absolute Gasteiger partial charge is 0.120 e. The molecule has 0 saturated carbocycles. The number of hydrogen-bond acceptors (Lipinski definition) is 4. The van der Waals surface area contributed by atoms with E-state index >= 15 is 0 Å². The van der Waals surface area contributed by atoms with Crippen LogP contribution in [0.2, 0.25) is 0 Å². The molecule has 2 aromatic rings. The highest BCUT2D eigenvalue weighted by atomic mass is 16.3. The summed E-state index contributed by atoms with van der Waals surface area (Å²) in [5.41, 5.74) is 1.84. The third kappa shape index (κ3) is 4.76. The first-order valence-electron chi connectivity index (χ1n) is 7.67. The van der Waals surface area contributed by atoms with E-state index in [2.05, 4.69) is 10.6 Å². The molecule has 4 heteroatoms. The molecule has 1 atom stereocenters. The third-order valence-electron chi connectivity index (χ3n) is 3.69. The van der Waals surface area contributed by atoms with Crippen LogP contribution >= 0.6 is 0 Å². The molecule has 2 rings (SSSR count). The molecule has 118 valence electrons. The van der Waals surface area contributed by atoms with E-state index in [1.54, 1.807) is 12.1 Å². The fraction of sp³-hybridized carbons (Fsp3) is 0.333. The zero-order chi connectivity index (χ0) is 15.8. The second kappa shape index (κ2) is 8.41. The summed E-state index contributed by atoms with van der Waals surface area (Å²) in [4.78, 5) is 0. The molecule has 22 heavy (non-hydrogen) atoms. The van der Waals surface area contributed by atoms with Gasteiger partial charge in [-0.25, -0.2) is 0 Å². The van der Waals surface area contributed by atoms with Crippen LogP contribution < -0.4 is 10.6 Å². The Labute approximate surface area is 131 Å². The molecule has 0 saturated heterocycles. The van der Waals surface area contributed by atoms with E-state index in [0.717, 1.165) is 30.6 Å². The van der Waals surface area contributed by atoms with Crippen LogP contribution in [0.15, 0.2) is 48.5 Å². The summed E-state index contributed by atoms with van der Waals surface area (Å²) in [6.07, 6.45) is 0.978. The molecule has 0 aromatic heterocycles. The average molecular weight is 300 g/mol. The highest BCUT2D eigenvalue weighted by Crippen LogP contribution is 2.22. The van der Waals surface area contributed by atoms with Crippen LogP contribution in [0.3, 0.4) is 0 Å². The van der Waals surface area contributed by atoms with Gasteiger partial charge in [0.25, 0.3) is 0 Å². The van der Waals surface area contributed by atoms with E-state index in [1.165, 1.54) is 0 Å². The van der Waals surface area contributed by atoms with Gasteiger partial charge < -0.3 is 20.8 Å². The minimum atomic E-state index is 0.124. The predicted octanol–water partition coefficient (Wildman–Crippen LogP) is 2.93. The van der Waals surface area contributed by atoms with Gasteiger partial charge >= 0.3 is 0 Å². The van der Waals surface area contributed by atoms with Gasteiger partial charge in [0.2, 0.25) is 0 Å². The molecule has 0 spiro atoms. The van der Waals surface area contributed by atoms with Crippen molar-refractivity contribution in [1.82, 2.24) is 10.6 Å². The van der Waals surface area contributed by atoms with Crippen molar-refractivity contribution in [1.29, 1.82) is 0 Å². The number of aromatic hydroxyl groups is 2. The van der Waals surface area contributed by atoms with Crippen LogP contribution in [0.1, 0.15) is 30.5 Å². The van der Waals surface area contributed by atoms with E-state index in [4.69, 9.17) is 0 Å². The second-order valence-corrected chi connectivity index (χ2v) is 5.39. The highest BCUT2D eigenvalue weighted by Gasteiger charge is 2.08. The minimum Gasteiger partial charge on any atom is -0.508 e. The Bertz CT molecular complexity index is 587. The number of phenolic OH excluding ortho intramolecular Hbond substituents is 2. The molecule has 4 N–H and O–H groups in total. The molecule has 2 aromatic carbocycles. The molecular weight excluding hydrogens is 276 g/mol. The summed E-state index contributed by atoms with van der Waals surface area (Å²) >= 11 is 0. The molecule has 0 bridgehead atoms. The van der Waals surface area contributed by atoms with Crippen molar-refractivity contribution in [2.24, 2.45) is 0 Å². The first-order valence-corrected chi connectivity index (χ1v) is 7.67. The van der Waals surface area contributed by atoms with Crippen LogP contribution in [-0.4, -0.2) is 23.3 Å². The summed E-state index contributed by atoms with van der Waals surface area (Å²) in [6, 6.07) is 14.9. The largest absolute Gasteiger partial charge is 0.508 e. The van der Waals surface area contributed by atoms with Gasteiger partial charge in [-0.2, -0.15) is 0 Å². The van der Waals surface area contributed by atoms with Crippen LogP contribution in [0.4, 0.5) is 0 Å². The molecule has 1 unspecified atom stereocenters. The molecular formula is C18H24N2O2. The number of nitrogens with one attached hydrogen (secondary N) is 2. The van der Waals surface area contributed by atoms with Gasteiger partial charge in [0.1, 0.15) is 11.5 Å². The Hall–Kier alpha value is -2.04. The summed E-state index contributed by atoms with van der Waals surface area (Å²) in [6.45, 7) is 4.45. The van der Waals surface area contributed by atoms with Crippen molar-refractivity contribution in [2.45, 2.75) is 25.9 Å². The van der Waals surface area contributed by atoms with Crippen molar-refractivity contribution in [3.8, 4) is 11.5 Å². The number of para-hydroxylation sites is 2. The topological polar surface area (TPSA) is 64.5 Å². The summed E-state index contributed by atoms with van der Waals surface area (Å²) < 4.78 is 0. The molecule has 0 fully saturated rings. The Morgan fingerprint density at radius 3 is 2.32 bits per heavy atom. The Morgan fingerprint density at radius 1 is 0.909 bits per heavy atom. The van der Waals surface area contributed by atoms with Gasteiger partial charge in [-0.1, -0.05) is 36.4 Å². The molecule has 0 aliphatic rings. The Balaban J connectivity index is 1.63. The molecule has 0 aliphatic carbocycles. The van der Waals surface area contributed by atoms with E-state index in [9.17, 15) is 10.2 Å². The highest BCUT2D eigenvalue weighted by molar-refractivity contribution is 5.34. The van der Waals surface area contributed by atoms with Crippen molar-refractivity contribution < 1.29 is 10.2 Å². The van der Waals surface area contributed by atoms with Crippen LogP contribution in [0.25, 0.3) is 0 Å².